The van der Waals surface area contributed by atoms with Crippen molar-refractivity contribution in [1.82, 2.24) is 4.98 Å². The zero-order valence-electron chi connectivity index (χ0n) is 8.53. The monoisotopic (exact) mass is 195 g/mol. The van der Waals surface area contributed by atoms with E-state index in [2.05, 4.69) is 9.72 Å². The molecular weight excluding hydrogens is 182 g/mol. The molecule has 0 radical (unpaired) electrons. The van der Waals surface area contributed by atoms with Gasteiger partial charge in [0.2, 0.25) is 5.88 Å². The van der Waals surface area contributed by atoms with Crippen LogP contribution < -0.4 is 4.74 Å². The maximum atomic E-state index is 11.0. The number of nitrogens with zero attached hydrogens (tertiary/aromatic N) is 1. The number of pyridine rings is 1. The number of carbonyl (C=O) groups is 1. The second-order valence-corrected chi connectivity index (χ2v) is 2.85. The number of rotatable bonds is 3. The van der Waals surface area contributed by atoms with E-state index >= 15 is 0 Å². The van der Waals surface area contributed by atoms with Gasteiger partial charge in [-0.1, -0.05) is 6.07 Å². The Morgan fingerprint density at radius 2 is 2.14 bits per heavy atom. The Hall–Kier alpha value is -1.58. The molecule has 0 N–H and O–H groups in total. The second kappa shape index (κ2) is 4.60. The van der Waals surface area contributed by atoms with Crippen LogP contribution in [-0.4, -0.2) is 25.2 Å². The number of aromatic nitrogens is 1. The van der Waals surface area contributed by atoms with E-state index in [-0.39, 0.29) is 12.4 Å². The predicted octanol–water partition coefficient (Wildman–Crippen LogP) is 1.11. The molecule has 0 aliphatic carbocycles. The van der Waals surface area contributed by atoms with Crippen LogP contribution in [0.4, 0.5) is 0 Å². The van der Waals surface area contributed by atoms with Crippen LogP contribution in [0.3, 0.4) is 0 Å². The van der Waals surface area contributed by atoms with Crippen molar-refractivity contribution in [3.8, 4) is 5.88 Å². The summed E-state index contributed by atoms with van der Waals surface area (Å²) in [5.41, 5.74) is 1.65. The number of hydrogen-bond donors (Lipinski definition) is 0. The van der Waals surface area contributed by atoms with Gasteiger partial charge in [0.25, 0.3) is 0 Å². The summed E-state index contributed by atoms with van der Waals surface area (Å²) in [4.78, 5) is 15.2. The summed E-state index contributed by atoms with van der Waals surface area (Å²) in [6.07, 6.45) is 0.249. The zero-order valence-corrected chi connectivity index (χ0v) is 8.53. The van der Waals surface area contributed by atoms with Gasteiger partial charge in [-0.05, 0) is 12.5 Å². The molecule has 14 heavy (non-hydrogen) atoms. The lowest BCUT2D eigenvalue weighted by Crippen LogP contribution is -2.06. The molecule has 1 aromatic heterocycles. The SMILES string of the molecule is COC(=O)Cc1ccc(OC)nc1C. The topological polar surface area (TPSA) is 48.4 Å². The van der Waals surface area contributed by atoms with Crippen LogP contribution in [0.2, 0.25) is 0 Å². The minimum atomic E-state index is -0.264. The van der Waals surface area contributed by atoms with Gasteiger partial charge in [0, 0.05) is 11.8 Å². The third kappa shape index (κ3) is 2.45. The first-order chi connectivity index (χ1) is 6.67. The van der Waals surface area contributed by atoms with E-state index in [4.69, 9.17) is 4.74 Å². The molecule has 1 aromatic rings. The highest BCUT2D eigenvalue weighted by Gasteiger charge is 2.07. The average molecular weight is 195 g/mol. The van der Waals surface area contributed by atoms with Crippen molar-refractivity contribution in [2.75, 3.05) is 14.2 Å². The number of aryl methyl sites for hydroxylation is 1. The largest absolute Gasteiger partial charge is 0.481 e. The van der Waals surface area contributed by atoms with Gasteiger partial charge < -0.3 is 9.47 Å². The molecule has 76 valence electrons. The minimum Gasteiger partial charge on any atom is -0.481 e. The molecule has 0 atom stereocenters. The zero-order chi connectivity index (χ0) is 10.6. The first-order valence-corrected chi connectivity index (χ1v) is 4.24. The Kier molecular flexibility index (Phi) is 3.45. The third-order valence-electron chi connectivity index (χ3n) is 1.94. The quantitative estimate of drug-likeness (QED) is 0.678. The fourth-order valence-corrected chi connectivity index (χ4v) is 1.10. The highest BCUT2D eigenvalue weighted by molar-refractivity contribution is 5.72. The van der Waals surface area contributed by atoms with E-state index < -0.39 is 0 Å². The molecule has 0 aliphatic rings. The number of ether oxygens (including phenoxy) is 2. The maximum Gasteiger partial charge on any atom is 0.310 e. The Labute approximate surface area is 82.9 Å². The summed E-state index contributed by atoms with van der Waals surface area (Å²) in [6.45, 7) is 1.83. The third-order valence-corrected chi connectivity index (χ3v) is 1.94. The normalized spacial score (nSPS) is 9.64. The lowest BCUT2D eigenvalue weighted by Gasteiger charge is -2.05. The highest BCUT2D eigenvalue weighted by atomic mass is 16.5. The van der Waals surface area contributed by atoms with Gasteiger partial charge in [-0.3, -0.25) is 4.79 Å². The fraction of sp³-hybridized carbons (Fsp3) is 0.400. The van der Waals surface area contributed by atoms with Gasteiger partial charge in [-0.25, -0.2) is 4.98 Å². The van der Waals surface area contributed by atoms with Crippen LogP contribution in [0.1, 0.15) is 11.3 Å². The molecule has 0 spiro atoms. The van der Waals surface area contributed by atoms with Crippen molar-refractivity contribution < 1.29 is 14.3 Å². The molecule has 0 unspecified atom stereocenters. The van der Waals surface area contributed by atoms with E-state index in [0.717, 1.165) is 11.3 Å². The van der Waals surface area contributed by atoms with Crippen LogP contribution in [0.15, 0.2) is 12.1 Å². The first-order valence-electron chi connectivity index (χ1n) is 4.24. The van der Waals surface area contributed by atoms with Gasteiger partial charge in [-0.2, -0.15) is 0 Å². The minimum absolute atomic E-state index is 0.249. The number of hydrogen-bond acceptors (Lipinski definition) is 4. The Balaban J connectivity index is 2.83. The average Bonchev–Trinajstić information content (AvgIpc) is 2.20. The molecule has 0 bridgehead atoms. The van der Waals surface area contributed by atoms with E-state index in [0.29, 0.717) is 5.88 Å². The number of esters is 1. The summed E-state index contributed by atoms with van der Waals surface area (Å²) < 4.78 is 9.52. The summed E-state index contributed by atoms with van der Waals surface area (Å²) >= 11 is 0. The van der Waals surface area contributed by atoms with Crippen LogP contribution in [0.5, 0.6) is 5.88 Å². The van der Waals surface area contributed by atoms with Crippen molar-refractivity contribution in [1.29, 1.82) is 0 Å². The molecule has 0 aliphatic heterocycles. The van der Waals surface area contributed by atoms with E-state index in [1.807, 2.05) is 13.0 Å². The van der Waals surface area contributed by atoms with Crippen LogP contribution >= 0.6 is 0 Å². The van der Waals surface area contributed by atoms with Crippen LogP contribution in [0.25, 0.3) is 0 Å². The smallest absolute Gasteiger partial charge is 0.310 e. The van der Waals surface area contributed by atoms with Crippen molar-refractivity contribution in [2.45, 2.75) is 13.3 Å². The summed E-state index contributed by atoms with van der Waals surface area (Å²) in [7, 11) is 2.93. The van der Waals surface area contributed by atoms with E-state index in [1.165, 1.54) is 7.11 Å². The summed E-state index contributed by atoms with van der Waals surface area (Å²) in [6, 6.07) is 3.54. The van der Waals surface area contributed by atoms with Gasteiger partial charge in [0.1, 0.15) is 0 Å². The lowest BCUT2D eigenvalue weighted by atomic mass is 10.1. The molecule has 0 amide bonds. The lowest BCUT2D eigenvalue weighted by molar-refractivity contribution is -0.139. The molecule has 4 heteroatoms. The van der Waals surface area contributed by atoms with Crippen molar-refractivity contribution in [3.05, 3.63) is 23.4 Å². The van der Waals surface area contributed by atoms with Crippen molar-refractivity contribution in [3.63, 3.8) is 0 Å². The Morgan fingerprint density at radius 3 is 2.64 bits per heavy atom. The molecule has 1 rings (SSSR count). The number of methoxy groups -OCH3 is 2. The Morgan fingerprint density at radius 1 is 1.43 bits per heavy atom. The molecule has 0 saturated carbocycles. The summed E-state index contributed by atoms with van der Waals surface area (Å²) in [5.74, 6) is 0.288. The molecule has 0 aromatic carbocycles. The Bertz CT molecular complexity index is 336. The summed E-state index contributed by atoms with van der Waals surface area (Å²) in [5, 5.41) is 0. The maximum absolute atomic E-state index is 11.0. The second-order valence-electron chi connectivity index (χ2n) is 2.85. The molecule has 0 fully saturated rings. The van der Waals surface area contributed by atoms with Gasteiger partial charge in [0.05, 0.1) is 20.6 Å². The fourth-order valence-electron chi connectivity index (χ4n) is 1.10. The molecular formula is C10H13NO3. The van der Waals surface area contributed by atoms with E-state index in [9.17, 15) is 4.79 Å². The highest BCUT2D eigenvalue weighted by Crippen LogP contribution is 2.12. The van der Waals surface area contributed by atoms with Crippen molar-refractivity contribution >= 4 is 5.97 Å². The molecule has 0 saturated heterocycles. The van der Waals surface area contributed by atoms with E-state index in [1.54, 1.807) is 13.2 Å². The first kappa shape index (κ1) is 10.5. The van der Waals surface area contributed by atoms with Gasteiger partial charge in [0.15, 0.2) is 0 Å². The van der Waals surface area contributed by atoms with Crippen LogP contribution in [-0.2, 0) is 16.0 Å². The molecule has 1 heterocycles. The van der Waals surface area contributed by atoms with Crippen LogP contribution in [0, 0.1) is 6.92 Å². The number of carbonyl (C=O) groups excluding carboxylic acids is 1. The predicted molar refractivity (Wildman–Crippen MR) is 51.2 cm³/mol. The standard InChI is InChI=1S/C10H13NO3/c1-7-8(6-10(12)14-3)4-5-9(11-7)13-2/h4-5H,6H2,1-3H3. The van der Waals surface area contributed by atoms with Gasteiger partial charge >= 0.3 is 5.97 Å². The molecule has 4 nitrogen and oxygen atoms in total. The van der Waals surface area contributed by atoms with Gasteiger partial charge in [-0.15, -0.1) is 0 Å². The van der Waals surface area contributed by atoms with Crippen molar-refractivity contribution in [2.24, 2.45) is 0 Å².